The molecule has 0 radical (unpaired) electrons. The first-order valence-electron chi connectivity index (χ1n) is 7.39. The van der Waals surface area contributed by atoms with Crippen LogP contribution in [0.1, 0.15) is 26.1 Å². The lowest BCUT2D eigenvalue weighted by Crippen LogP contribution is -2.37. The number of aliphatic hydroxyl groups is 1. The number of ether oxygens (including phenoxy) is 2. The van der Waals surface area contributed by atoms with Crippen LogP contribution in [0.3, 0.4) is 0 Å². The zero-order valence-electron chi connectivity index (χ0n) is 12.7. The minimum Gasteiger partial charge on any atom is -0.386 e. The molecule has 3 N–H and O–H groups in total. The third-order valence-corrected chi connectivity index (χ3v) is 3.25. The molecule has 118 valence electrons. The quantitative estimate of drug-likeness (QED) is 0.659. The summed E-state index contributed by atoms with van der Waals surface area (Å²) in [5.74, 6) is 2.04. The summed E-state index contributed by atoms with van der Waals surface area (Å²) < 4.78 is 10.6. The van der Waals surface area contributed by atoms with Crippen molar-refractivity contribution in [2.24, 2.45) is 0 Å². The van der Waals surface area contributed by atoms with Gasteiger partial charge in [0.05, 0.1) is 6.61 Å². The molecular formula is C14H24N4O3. The van der Waals surface area contributed by atoms with Crippen molar-refractivity contribution in [3.8, 4) is 0 Å². The number of nitrogens with one attached hydrogen (secondary N) is 2. The van der Waals surface area contributed by atoms with Gasteiger partial charge in [-0.2, -0.15) is 0 Å². The van der Waals surface area contributed by atoms with E-state index >= 15 is 0 Å². The van der Waals surface area contributed by atoms with Crippen molar-refractivity contribution in [3.05, 3.63) is 11.9 Å². The average molecular weight is 296 g/mol. The van der Waals surface area contributed by atoms with Crippen LogP contribution < -0.4 is 10.6 Å². The van der Waals surface area contributed by atoms with E-state index < -0.39 is 5.60 Å². The fourth-order valence-electron chi connectivity index (χ4n) is 2.11. The summed E-state index contributed by atoms with van der Waals surface area (Å²) >= 11 is 0. The number of hydrogen-bond acceptors (Lipinski definition) is 7. The van der Waals surface area contributed by atoms with Gasteiger partial charge >= 0.3 is 0 Å². The van der Waals surface area contributed by atoms with Crippen LogP contribution in [0.25, 0.3) is 0 Å². The number of aromatic nitrogens is 2. The van der Waals surface area contributed by atoms with Crippen LogP contribution in [-0.2, 0) is 16.1 Å². The summed E-state index contributed by atoms with van der Waals surface area (Å²) in [7, 11) is 0. The van der Waals surface area contributed by atoms with E-state index in [1.807, 2.05) is 19.9 Å². The van der Waals surface area contributed by atoms with Crippen LogP contribution >= 0.6 is 0 Å². The summed E-state index contributed by atoms with van der Waals surface area (Å²) in [6.07, 6.45) is 0.636. The fraction of sp³-hybridized carbons (Fsp3) is 0.714. The lowest BCUT2D eigenvalue weighted by molar-refractivity contribution is 0.0381. The van der Waals surface area contributed by atoms with Crippen molar-refractivity contribution in [1.29, 1.82) is 0 Å². The SMILES string of the molecule is CCNc1cc(NCC2(O)CCOC2)nc(COCC)n1. The molecule has 2 heterocycles. The molecule has 0 aromatic carbocycles. The molecule has 0 saturated carbocycles. The molecule has 1 aliphatic rings. The van der Waals surface area contributed by atoms with E-state index in [9.17, 15) is 5.11 Å². The lowest BCUT2D eigenvalue weighted by atomic mass is 10.0. The Labute approximate surface area is 125 Å². The van der Waals surface area contributed by atoms with Gasteiger partial charge in [-0.25, -0.2) is 9.97 Å². The monoisotopic (exact) mass is 296 g/mol. The highest BCUT2D eigenvalue weighted by molar-refractivity contribution is 5.47. The molecule has 0 aliphatic carbocycles. The maximum atomic E-state index is 10.3. The van der Waals surface area contributed by atoms with Gasteiger partial charge < -0.3 is 25.2 Å². The normalized spacial score (nSPS) is 21.5. The van der Waals surface area contributed by atoms with Gasteiger partial charge in [-0.3, -0.25) is 0 Å². The molecule has 1 saturated heterocycles. The van der Waals surface area contributed by atoms with E-state index in [0.717, 1.165) is 12.4 Å². The Kier molecular flexibility index (Phi) is 5.72. The zero-order valence-corrected chi connectivity index (χ0v) is 12.7. The topological polar surface area (TPSA) is 88.5 Å². The van der Waals surface area contributed by atoms with E-state index in [4.69, 9.17) is 9.47 Å². The molecule has 0 amide bonds. The second-order valence-corrected chi connectivity index (χ2v) is 5.10. The Morgan fingerprint density at radius 1 is 1.33 bits per heavy atom. The van der Waals surface area contributed by atoms with Crippen LogP contribution in [0, 0.1) is 0 Å². The van der Waals surface area contributed by atoms with Gasteiger partial charge in [0, 0.05) is 38.8 Å². The highest BCUT2D eigenvalue weighted by atomic mass is 16.5. The first-order chi connectivity index (χ1) is 10.1. The van der Waals surface area contributed by atoms with Gasteiger partial charge in [-0.05, 0) is 13.8 Å². The highest BCUT2D eigenvalue weighted by Gasteiger charge is 2.32. The van der Waals surface area contributed by atoms with Gasteiger partial charge in [0.2, 0.25) is 0 Å². The third kappa shape index (κ3) is 4.80. The van der Waals surface area contributed by atoms with Crippen molar-refractivity contribution >= 4 is 11.6 Å². The molecule has 0 spiro atoms. The third-order valence-electron chi connectivity index (χ3n) is 3.25. The standard InChI is InChI=1S/C14H24N4O3/c1-3-15-11-7-12(18-13(17-11)8-20-4-2)16-9-14(19)5-6-21-10-14/h7,19H,3-6,8-10H2,1-2H3,(H2,15,16,17,18). The minimum absolute atomic E-state index is 0.358. The van der Waals surface area contributed by atoms with Gasteiger partial charge in [0.15, 0.2) is 5.82 Å². The number of hydrogen-bond donors (Lipinski definition) is 3. The van der Waals surface area contributed by atoms with Crippen LogP contribution in [0.5, 0.6) is 0 Å². The molecule has 2 rings (SSSR count). The summed E-state index contributed by atoms with van der Waals surface area (Å²) in [5.41, 5.74) is -0.816. The Morgan fingerprint density at radius 2 is 2.10 bits per heavy atom. The predicted octanol–water partition coefficient (Wildman–Crippen LogP) is 1.01. The molecule has 7 heteroatoms. The molecular weight excluding hydrogens is 272 g/mol. The van der Waals surface area contributed by atoms with Gasteiger partial charge in [0.1, 0.15) is 23.8 Å². The van der Waals surface area contributed by atoms with Crippen molar-refractivity contribution in [2.45, 2.75) is 32.5 Å². The van der Waals surface area contributed by atoms with E-state index in [2.05, 4.69) is 20.6 Å². The van der Waals surface area contributed by atoms with Gasteiger partial charge in [0.25, 0.3) is 0 Å². The second kappa shape index (κ2) is 7.53. The fourth-order valence-corrected chi connectivity index (χ4v) is 2.11. The number of rotatable bonds is 8. The minimum atomic E-state index is -0.816. The smallest absolute Gasteiger partial charge is 0.158 e. The van der Waals surface area contributed by atoms with Crippen molar-refractivity contribution in [2.75, 3.05) is 43.5 Å². The average Bonchev–Trinajstić information content (AvgIpc) is 2.91. The van der Waals surface area contributed by atoms with Crippen LogP contribution in [-0.4, -0.2) is 53.6 Å². The Balaban J connectivity index is 2.03. The van der Waals surface area contributed by atoms with Crippen molar-refractivity contribution < 1.29 is 14.6 Å². The molecule has 1 unspecified atom stereocenters. The van der Waals surface area contributed by atoms with E-state index in [0.29, 0.717) is 51.0 Å². The van der Waals surface area contributed by atoms with Crippen molar-refractivity contribution in [1.82, 2.24) is 9.97 Å². The zero-order chi connectivity index (χ0) is 15.1. The molecule has 21 heavy (non-hydrogen) atoms. The molecule has 1 aromatic rings. The first-order valence-corrected chi connectivity index (χ1v) is 7.39. The van der Waals surface area contributed by atoms with E-state index in [1.165, 1.54) is 0 Å². The van der Waals surface area contributed by atoms with Crippen molar-refractivity contribution in [3.63, 3.8) is 0 Å². The molecule has 1 fully saturated rings. The largest absolute Gasteiger partial charge is 0.386 e. The highest BCUT2D eigenvalue weighted by Crippen LogP contribution is 2.19. The summed E-state index contributed by atoms with van der Waals surface area (Å²) in [5, 5.41) is 16.6. The van der Waals surface area contributed by atoms with E-state index in [-0.39, 0.29) is 0 Å². The molecule has 0 bridgehead atoms. The first kappa shape index (κ1) is 15.9. The predicted molar refractivity (Wildman–Crippen MR) is 80.4 cm³/mol. The Morgan fingerprint density at radius 3 is 2.71 bits per heavy atom. The van der Waals surface area contributed by atoms with Crippen LogP contribution in [0.2, 0.25) is 0 Å². The Hall–Kier alpha value is -1.44. The summed E-state index contributed by atoms with van der Waals surface area (Å²) in [4.78, 5) is 8.79. The molecule has 1 aliphatic heterocycles. The molecule has 1 aromatic heterocycles. The van der Waals surface area contributed by atoms with Crippen LogP contribution in [0.4, 0.5) is 11.6 Å². The van der Waals surface area contributed by atoms with Gasteiger partial charge in [-0.15, -0.1) is 0 Å². The maximum absolute atomic E-state index is 10.3. The molecule has 7 nitrogen and oxygen atoms in total. The maximum Gasteiger partial charge on any atom is 0.158 e. The van der Waals surface area contributed by atoms with Crippen LogP contribution in [0.15, 0.2) is 6.07 Å². The second-order valence-electron chi connectivity index (χ2n) is 5.10. The Bertz CT molecular complexity index is 450. The lowest BCUT2D eigenvalue weighted by Gasteiger charge is -2.21. The number of nitrogens with zero attached hydrogens (tertiary/aromatic N) is 2. The van der Waals surface area contributed by atoms with E-state index in [1.54, 1.807) is 0 Å². The van der Waals surface area contributed by atoms with Gasteiger partial charge in [-0.1, -0.05) is 0 Å². The summed E-state index contributed by atoms with van der Waals surface area (Å²) in [6.45, 7) is 7.08. The summed E-state index contributed by atoms with van der Waals surface area (Å²) in [6, 6.07) is 1.83. The number of anilines is 2. The molecule has 1 atom stereocenters.